The summed E-state index contributed by atoms with van der Waals surface area (Å²) >= 11 is 2.80. The van der Waals surface area contributed by atoms with E-state index in [1.54, 1.807) is 18.7 Å². The Morgan fingerprint density at radius 1 is 1.23 bits per heavy atom. The standard InChI is InChI=1S/C17H14N4O3S2/c1-21-16(22)14-12(7-8-25-14)18-17(21)26-9-13-19-15(24-20-13)10-3-5-11(23-2)6-4-10/h3-8H,9H2,1-2H3. The fraction of sp³-hybridized carbons (Fsp3) is 0.176. The maximum Gasteiger partial charge on any atom is 0.271 e. The van der Waals surface area contributed by atoms with Crippen molar-refractivity contribution in [3.05, 3.63) is 51.9 Å². The van der Waals surface area contributed by atoms with Crippen LogP contribution in [-0.2, 0) is 12.8 Å². The molecule has 0 amide bonds. The number of benzene rings is 1. The molecule has 0 bridgehead atoms. The van der Waals surface area contributed by atoms with Crippen LogP contribution in [0, 0.1) is 0 Å². The van der Waals surface area contributed by atoms with Gasteiger partial charge in [-0.15, -0.1) is 11.3 Å². The van der Waals surface area contributed by atoms with Crippen molar-refractivity contribution < 1.29 is 9.26 Å². The molecule has 0 unspecified atom stereocenters. The molecule has 4 aromatic rings. The van der Waals surface area contributed by atoms with E-state index in [-0.39, 0.29) is 5.56 Å². The number of thioether (sulfide) groups is 1. The minimum absolute atomic E-state index is 0.0421. The largest absolute Gasteiger partial charge is 0.497 e. The summed E-state index contributed by atoms with van der Waals surface area (Å²) in [7, 11) is 3.33. The highest BCUT2D eigenvalue weighted by Gasteiger charge is 2.13. The zero-order valence-electron chi connectivity index (χ0n) is 14.0. The Morgan fingerprint density at radius 2 is 2.04 bits per heavy atom. The molecule has 1 aromatic carbocycles. The highest BCUT2D eigenvalue weighted by Crippen LogP contribution is 2.25. The van der Waals surface area contributed by atoms with Gasteiger partial charge in [0.25, 0.3) is 11.4 Å². The van der Waals surface area contributed by atoms with Gasteiger partial charge in [0, 0.05) is 12.6 Å². The predicted octanol–water partition coefficient (Wildman–Crippen LogP) is 3.35. The van der Waals surface area contributed by atoms with Crippen molar-refractivity contribution in [1.82, 2.24) is 19.7 Å². The fourth-order valence-electron chi connectivity index (χ4n) is 2.39. The van der Waals surface area contributed by atoms with Crippen LogP contribution in [0.4, 0.5) is 0 Å². The smallest absolute Gasteiger partial charge is 0.271 e. The summed E-state index contributed by atoms with van der Waals surface area (Å²) in [5.41, 5.74) is 1.49. The van der Waals surface area contributed by atoms with Crippen LogP contribution in [0.5, 0.6) is 5.75 Å². The Morgan fingerprint density at radius 3 is 2.81 bits per heavy atom. The molecule has 9 heteroatoms. The molecular weight excluding hydrogens is 372 g/mol. The van der Waals surface area contributed by atoms with E-state index in [4.69, 9.17) is 9.26 Å². The average molecular weight is 386 g/mol. The van der Waals surface area contributed by atoms with Crippen molar-refractivity contribution >= 4 is 33.3 Å². The van der Waals surface area contributed by atoms with Gasteiger partial charge < -0.3 is 9.26 Å². The molecule has 132 valence electrons. The third kappa shape index (κ3) is 3.11. The number of aromatic nitrogens is 4. The highest BCUT2D eigenvalue weighted by atomic mass is 32.2. The second-order valence-electron chi connectivity index (χ2n) is 5.43. The van der Waals surface area contributed by atoms with Crippen molar-refractivity contribution in [2.45, 2.75) is 10.9 Å². The van der Waals surface area contributed by atoms with Crippen molar-refractivity contribution in [3.8, 4) is 17.2 Å². The Bertz CT molecular complexity index is 1120. The molecule has 26 heavy (non-hydrogen) atoms. The lowest BCUT2D eigenvalue weighted by molar-refractivity contribution is 0.414. The van der Waals surface area contributed by atoms with Gasteiger partial charge >= 0.3 is 0 Å². The van der Waals surface area contributed by atoms with Crippen LogP contribution >= 0.6 is 23.1 Å². The number of nitrogens with zero attached hydrogens (tertiary/aromatic N) is 4. The van der Waals surface area contributed by atoms with E-state index < -0.39 is 0 Å². The molecule has 0 atom stereocenters. The van der Waals surface area contributed by atoms with E-state index in [1.807, 2.05) is 35.7 Å². The monoisotopic (exact) mass is 386 g/mol. The quantitative estimate of drug-likeness (QED) is 0.384. The first-order valence-electron chi connectivity index (χ1n) is 7.70. The first kappa shape index (κ1) is 16.8. The summed E-state index contributed by atoms with van der Waals surface area (Å²) in [4.78, 5) is 21.3. The number of fused-ring (bicyclic) bond motifs is 1. The summed E-state index contributed by atoms with van der Waals surface area (Å²) < 4.78 is 12.7. The zero-order chi connectivity index (χ0) is 18.1. The van der Waals surface area contributed by atoms with Gasteiger partial charge in [-0.1, -0.05) is 16.9 Å². The molecule has 3 aromatic heterocycles. The Labute approximate surface area is 156 Å². The average Bonchev–Trinajstić information content (AvgIpc) is 3.33. The Balaban J connectivity index is 1.53. The van der Waals surface area contributed by atoms with Gasteiger partial charge in [0.05, 0.1) is 18.4 Å². The first-order chi connectivity index (χ1) is 12.7. The minimum Gasteiger partial charge on any atom is -0.497 e. The molecule has 0 fully saturated rings. The summed E-state index contributed by atoms with van der Waals surface area (Å²) in [5, 5.41) is 6.49. The lowest BCUT2D eigenvalue weighted by atomic mass is 10.2. The van der Waals surface area contributed by atoms with E-state index in [0.717, 1.165) is 11.3 Å². The second-order valence-corrected chi connectivity index (χ2v) is 7.29. The molecule has 0 aliphatic carbocycles. The minimum atomic E-state index is -0.0421. The third-order valence-corrected chi connectivity index (χ3v) is 5.70. The lowest BCUT2D eigenvalue weighted by Crippen LogP contribution is -2.18. The van der Waals surface area contributed by atoms with Crippen molar-refractivity contribution in [3.63, 3.8) is 0 Å². The van der Waals surface area contributed by atoms with Crippen LogP contribution in [0.3, 0.4) is 0 Å². The molecule has 7 nitrogen and oxygen atoms in total. The van der Waals surface area contributed by atoms with Crippen LogP contribution in [0.15, 0.2) is 50.2 Å². The van der Waals surface area contributed by atoms with Gasteiger partial charge in [-0.25, -0.2) is 4.98 Å². The summed E-state index contributed by atoms with van der Waals surface area (Å²) in [6.07, 6.45) is 0. The Kier molecular flexibility index (Phi) is 4.48. The molecular formula is C17H14N4O3S2. The van der Waals surface area contributed by atoms with Crippen LogP contribution in [0.25, 0.3) is 21.7 Å². The molecule has 0 spiro atoms. The summed E-state index contributed by atoms with van der Waals surface area (Å²) in [5.74, 6) is 2.20. The highest BCUT2D eigenvalue weighted by molar-refractivity contribution is 7.98. The molecule has 0 radical (unpaired) electrons. The second kappa shape index (κ2) is 6.93. The first-order valence-corrected chi connectivity index (χ1v) is 9.56. The number of methoxy groups -OCH3 is 1. The molecule has 4 rings (SSSR count). The van der Waals surface area contributed by atoms with Crippen molar-refractivity contribution in [2.75, 3.05) is 7.11 Å². The van der Waals surface area contributed by atoms with Gasteiger partial charge in [0.1, 0.15) is 10.4 Å². The molecule has 0 aliphatic heterocycles. The molecule has 0 saturated heterocycles. The number of hydrogen-bond donors (Lipinski definition) is 0. The molecule has 0 N–H and O–H groups in total. The fourth-order valence-corrected chi connectivity index (χ4v) is 4.01. The predicted molar refractivity (Wildman–Crippen MR) is 101 cm³/mol. The van der Waals surface area contributed by atoms with E-state index in [1.165, 1.54) is 23.1 Å². The van der Waals surface area contributed by atoms with E-state index in [9.17, 15) is 4.79 Å². The molecule has 3 heterocycles. The van der Waals surface area contributed by atoms with E-state index >= 15 is 0 Å². The van der Waals surface area contributed by atoms with Gasteiger partial charge in [-0.2, -0.15) is 4.98 Å². The summed E-state index contributed by atoms with van der Waals surface area (Å²) in [6, 6.07) is 9.24. The van der Waals surface area contributed by atoms with Crippen LogP contribution in [-0.4, -0.2) is 26.8 Å². The summed E-state index contributed by atoms with van der Waals surface area (Å²) in [6.45, 7) is 0. The van der Waals surface area contributed by atoms with Gasteiger partial charge in [-0.3, -0.25) is 9.36 Å². The van der Waals surface area contributed by atoms with E-state index in [2.05, 4.69) is 15.1 Å². The Hall–Kier alpha value is -2.65. The van der Waals surface area contributed by atoms with E-state index in [0.29, 0.717) is 32.8 Å². The van der Waals surface area contributed by atoms with Gasteiger partial charge in [0.15, 0.2) is 11.0 Å². The van der Waals surface area contributed by atoms with Gasteiger partial charge in [-0.05, 0) is 35.7 Å². The van der Waals surface area contributed by atoms with Crippen LogP contribution in [0.2, 0.25) is 0 Å². The maximum absolute atomic E-state index is 12.3. The molecule has 0 saturated carbocycles. The van der Waals surface area contributed by atoms with Crippen molar-refractivity contribution in [1.29, 1.82) is 0 Å². The van der Waals surface area contributed by atoms with Crippen molar-refractivity contribution in [2.24, 2.45) is 7.05 Å². The topological polar surface area (TPSA) is 83.0 Å². The number of hydrogen-bond acceptors (Lipinski definition) is 8. The van der Waals surface area contributed by atoms with Crippen LogP contribution in [0.1, 0.15) is 5.82 Å². The zero-order valence-corrected chi connectivity index (χ0v) is 15.6. The maximum atomic E-state index is 12.3. The molecule has 0 aliphatic rings. The number of ether oxygens (including phenoxy) is 1. The SMILES string of the molecule is COc1ccc(-c2nc(CSc3nc4ccsc4c(=O)n3C)no2)cc1. The number of rotatable bonds is 5. The third-order valence-electron chi connectivity index (χ3n) is 3.78. The number of thiophene rings is 1. The lowest BCUT2D eigenvalue weighted by Gasteiger charge is -2.05. The normalized spacial score (nSPS) is 11.2. The van der Waals surface area contributed by atoms with Gasteiger partial charge in [0.2, 0.25) is 0 Å². The van der Waals surface area contributed by atoms with Crippen LogP contribution < -0.4 is 10.3 Å².